The van der Waals surface area contributed by atoms with Gasteiger partial charge in [0, 0.05) is 5.56 Å². The van der Waals surface area contributed by atoms with Crippen molar-refractivity contribution in [2.75, 3.05) is 12.4 Å². The van der Waals surface area contributed by atoms with Gasteiger partial charge in [0.05, 0.1) is 17.3 Å². The highest BCUT2D eigenvalue weighted by atomic mass is 32.2. The number of rotatable bonds is 3. The maximum atomic E-state index is 13.1. The van der Waals surface area contributed by atoms with E-state index >= 15 is 0 Å². The monoisotopic (exact) mass is 314 g/mol. The number of ether oxygens (including phenoxy) is 1. The van der Waals surface area contributed by atoms with Crippen LogP contribution < -0.4 is 0 Å². The Balaban J connectivity index is 2.47. The molecule has 0 bridgehead atoms. The van der Waals surface area contributed by atoms with Crippen LogP contribution in [0.4, 0.5) is 4.39 Å². The lowest BCUT2D eigenvalue weighted by molar-refractivity contribution is -0.154. The van der Waals surface area contributed by atoms with Crippen molar-refractivity contribution < 1.29 is 31.9 Å². The van der Waals surface area contributed by atoms with E-state index in [1.807, 2.05) is 0 Å². The molecule has 112 valence electrons. The molecule has 21 heavy (non-hydrogen) atoms. The molecule has 6 nitrogen and oxygen atoms in total. The van der Waals surface area contributed by atoms with Crippen LogP contribution in [-0.2, 0) is 24.2 Å². The molecule has 1 atom stereocenters. The number of benzene rings is 1. The number of Topliss-reactive ketones (excluding diaryl/α,β-unsaturated/α-hetero) is 2. The highest BCUT2D eigenvalue weighted by Gasteiger charge is 2.43. The number of fused-ring (bicyclic) bond motifs is 1. The average Bonchev–Trinajstić information content (AvgIpc) is 2.42. The fourth-order valence-electron chi connectivity index (χ4n) is 2.07. The summed E-state index contributed by atoms with van der Waals surface area (Å²) in [7, 11) is -4.03. The van der Waals surface area contributed by atoms with Gasteiger partial charge in [-0.25, -0.2) is 17.6 Å². The van der Waals surface area contributed by atoms with Gasteiger partial charge in [0.25, 0.3) is 5.78 Å². The molecule has 1 aromatic rings. The third-order valence-electron chi connectivity index (χ3n) is 3.04. The number of sulfone groups is 1. The van der Waals surface area contributed by atoms with Crippen LogP contribution in [0.2, 0.25) is 0 Å². The fourth-order valence-corrected chi connectivity index (χ4v) is 3.79. The normalized spacial score (nSPS) is 19.7. The van der Waals surface area contributed by atoms with Crippen molar-refractivity contribution in [3.63, 3.8) is 0 Å². The molecule has 1 aliphatic heterocycles. The number of ketones is 2. The number of hydrogen-bond acceptors (Lipinski definition) is 6. The zero-order valence-electron chi connectivity index (χ0n) is 11.0. The molecule has 0 saturated carbocycles. The van der Waals surface area contributed by atoms with Gasteiger partial charge in [0.1, 0.15) is 11.7 Å². The Labute approximate surface area is 119 Å². The van der Waals surface area contributed by atoms with E-state index in [1.54, 1.807) is 0 Å². The number of carbonyl (C=O) groups excluding carboxylic acids is 3. The molecule has 0 saturated heterocycles. The topological polar surface area (TPSA) is 94.6 Å². The second-order valence-corrected chi connectivity index (χ2v) is 6.43. The first kappa shape index (κ1) is 15.3. The standard InChI is InChI=1S/C13H11FO6S/c1-2-20-13(17)12(16)9-6-21(18,19)10-5-7(14)3-4-8(10)11(9)15/h3-5,9H,2,6H2,1H3. The van der Waals surface area contributed by atoms with E-state index in [4.69, 9.17) is 0 Å². The molecule has 0 aromatic heterocycles. The molecule has 1 heterocycles. The summed E-state index contributed by atoms with van der Waals surface area (Å²) in [5.41, 5.74) is -0.287. The lowest BCUT2D eigenvalue weighted by atomic mass is 9.94. The lowest BCUT2D eigenvalue weighted by Gasteiger charge is -2.21. The van der Waals surface area contributed by atoms with Gasteiger partial charge in [-0.1, -0.05) is 0 Å². The van der Waals surface area contributed by atoms with Crippen molar-refractivity contribution in [3.05, 3.63) is 29.6 Å². The van der Waals surface area contributed by atoms with E-state index < -0.39 is 49.8 Å². The number of esters is 1. The molecule has 0 spiro atoms. The van der Waals surface area contributed by atoms with E-state index in [0.29, 0.717) is 0 Å². The predicted molar refractivity (Wildman–Crippen MR) is 67.9 cm³/mol. The first-order valence-corrected chi connectivity index (χ1v) is 7.70. The maximum absolute atomic E-state index is 13.1. The maximum Gasteiger partial charge on any atom is 0.375 e. The molecule has 0 radical (unpaired) electrons. The third-order valence-corrected chi connectivity index (χ3v) is 4.82. The summed E-state index contributed by atoms with van der Waals surface area (Å²) >= 11 is 0. The fraction of sp³-hybridized carbons (Fsp3) is 0.308. The Kier molecular flexibility index (Phi) is 3.91. The van der Waals surface area contributed by atoms with E-state index in [1.165, 1.54) is 6.92 Å². The Morgan fingerprint density at radius 2 is 2.05 bits per heavy atom. The molecular formula is C13H11FO6S. The van der Waals surface area contributed by atoms with Crippen molar-refractivity contribution in [1.82, 2.24) is 0 Å². The first-order valence-electron chi connectivity index (χ1n) is 6.05. The van der Waals surface area contributed by atoms with Crippen LogP contribution in [-0.4, -0.2) is 38.3 Å². The van der Waals surface area contributed by atoms with Crippen LogP contribution in [0.15, 0.2) is 23.1 Å². The van der Waals surface area contributed by atoms with Crippen LogP contribution >= 0.6 is 0 Å². The minimum Gasteiger partial charge on any atom is -0.460 e. The molecule has 1 unspecified atom stereocenters. The average molecular weight is 314 g/mol. The van der Waals surface area contributed by atoms with E-state index in [2.05, 4.69) is 4.74 Å². The van der Waals surface area contributed by atoms with Crippen LogP contribution in [0.25, 0.3) is 0 Å². The van der Waals surface area contributed by atoms with Gasteiger partial charge < -0.3 is 4.74 Å². The third kappa shape index (κ3) is 2.71. The summed E-state index contributed by atoms with van der Waals surface area (Å²) in [6.07, 6.45) is 0. The Morgan fingerprint density at radius 3 is 2.67 bits per heavy atom. The predicted octanol–water partition coefficient (Wildman–Crippen LogP) is 0.544. The number of halogens is 1. The zero-order chi connectivity index (χ0) is 15.8. The van der Waals surface area contributed by atoms with Crippen LogP contribution in [0.5, 0.6) is 0 Å². The van der Waals surface area contributed by atoms with Crippen LogP contribution in [0.1, 0.15) is 17.3 Å². The van der Waals surface area contributed by atoms with E-state index in [-0.39, 0.29) is 12.2 Å². The highest BCUT2D eigenvalue weighted by Crippen LogP contribution is 2.29. The minimum absolute atomic E-state index is 0.0694. The molecule has 0 aliphatic carbocycles. The van der Waals surface area contributed by atoms with Gasteiger partial charge in [0.15, 0.2) is 15.6 Å². The summed E-state index contributed by atoms with van der Waals surface area (Å²) in [6, 6.07) is 2.65. The summed E-state index contributed by atoms with van der Waals surface area (Å²) in [5, 5.41) is 0. The smallest absolute Gasteiger partial charge is 0.375 e. The molecule has 1 aromatic carbocycles. The van der Waals surface area contributed by atoms with Gasteiger partial charge in [-0.05, 0) is 25.1 Å². The van der Waals surface area contributed by atoms with Crippen molar-refractivity contribution in [2.24, 2.45) is 5.92 Å². The van der Waals surface area contributed by atoms with Crippen LogP contribution in [0.3, 0.4) is 0 Å². The largest absolute Gasteiger partial charge is 0.460 e. The first-order chi connectivity index (χ1) is 9.77. The molecule has 0 N–H and O–H groups in total. The van der Waals surface area contributed by atoms with E-state index in [0.717, 1.165) is 18.2 Å². The van der Waals surface area contributed by atoms with Gasteiger partial charge in [-0.3, -0.25) is 9.59 Å². The van der Waals surface area contributed by atoms with Gasteiger partial charge >= 0.3 is 5.97 Å². The minimum atomic E-state index is -4.03. The van der Waals surface area contributed by atoms with Gasteiger partial charge in [0.2, 0.25) is 0 Å². The highest BCUT2D eigenvalue weighted by molar-refractivity contribution is 7.91. The molecule has 1 aliphatic rings. The van der Waals surface area contributed by atoms with Gasteiger partial charge in [-0.2, -0.15) is 0 Å². The quantitative estimate of drug-likeness (QED) is 0.459. The summed E-state index contributed by atoms with van der Waals surface area (Å²) in [5.74, 6) is -6.60. The molecule has 0 amide bonds. The van der Waals surface area contributed by atoms with Crippen molar-refractivity contribution in [1.29, 1.82) is 0 Å². The summed E-state index contributed by atoms with van der Waals surface area (Å²) in [4.78, 5) is 34.9. The van der Waals surface area contributed by atoms with Crippen molar-refractivity contribution in [3.8, 4) is 0 Å². The molecule has 0 fully saturated rings. The summed E-state index contributed by atoms with van der Waals surface area (Å²) in [6.45, 7) is 1.41. The van der Waals surface area contributed by atoms with E-state index in [9.17, 15) is 27.2 Å². The zero-order valence-corrected chi connectivity index (χ0v) is 11.8. The second kappa shape index (κ2) is 5.36. The lowest BCUT2D eigenvalue weighted by Crippen LogP contribution is -2.40. The SMILES string of the molecule is CCOC(=O)C(=O)C1CS(=O)(=O)c2cc(F)ccc2C1=O. The Hall–Kier alpha value is -2.09. The number of hydrogen-bond donors (Lipinski definition) is 0. The second-order valence-electron chi connectivity index (χ2n) is 4.42. The molecular weight excluding hydrogens is 303 g/mol. The summed E-state index contributed by atoms with van der Waals surface area (Å²) < 4.78 is 41.7. The van der Waals surface area contributed by atoms with Crippen LogP contribution in [0, 0.1) is 11.7 Å². The van der Waals surface area contributed by atoms with Crippen molar-refractivity contribution >= 4 is 27.4 Å². The van der Waals surface area contributed by atoms with Crippen molar-refractivity contribution in [2.45, 2.75) is 11.8 Å². The Morgan fingerprint density at radius 1 is 1.38 bits per heavy atom. The Bertz CT molecular complexity index is 737. The number of carbonyl (C=O) groups is 3. The molecule has 2 rings (SSSR count). The van der Waals surface area contributed by atoms with Gasteiger partial charge in [-0.15, -0.1) is 0 Å². The molecule has 8 heteroatoms.